The third-order valence-corrected chi connectivity index (χ3v) is 5.42. The van der Waals surface area contributed by atoms with Crippen molar-refractivity contribution in [1.82, 2.24) is 9.97 Å². The molecule has 2 heterocycles. The minimum Gasteiger partial charge on any atom is -0.492 e. The molecule has 26 heavy (non-hydrogen) atoms. The molecule has 3 N–H and O–H groups in total. The van der Waals surface area contributed by atoms with Crippen LogP contribution < -0.4 is 16.0 Å². The topological polar surface area (TPSA) is 76.3 Å². The molecule has 1 unspecified atom stereocenters. The fraction of sp³-hybridized carbons (Fsp3) is 0.579. The van der Waals surface area contributed by atoms with Crippen molar-refractivity contribution in [2.45, 2.75) is 51.7 Å². The third kappa shape index (κ3) is 3.48. The number of hydrogen-bond acceptors (Lipinski definition) is 6. The zero-order chi connectivity index (χ0) is 18.3. The van der Waals surface area contributed by atoms with Crippen molar-refractivity contribution in [3.63, 3.8) is 0 Å². The Morgan fingerprint density at radius 1 is 1.35 bits per heavy atom. The molecule has 0 radical (unpaired) electrons. The molecule has 1 saturated heterocycles. The maximum Gasteiger partial charge on any atom is 0.162 e. The van der Waals surface area contributed by atoms with Crippen LogP contribution in [0.4, 0.5) is 16.0 Å². The van der Waals surface area contributed by atoms with E-state index in [4.69, 9.17) is 10.5 Å². The molecule has 0 aromatic carbocycles. The van der Waals surface area contributed by atoms with Crippen LogP contribution >= 0.6 is 0 Å². The van der Waals surface area contributed by atoms with E-state index < -0.39 is 5.83 Å². The van der Waals surface area contributed by atoms with Crippen LogP contribution in [0.2, 0.25) is 0 Å². The molecule has 0 amide bonds. The van der Waals surface area contributed by atoms with E-state index in [1.807, 2.05) is 19.9 Å². The monoisotopic (exact) mass is 359 g/mol. The Bertz CT molecular complexity index is 756. The molecule has 1 atom stereocenters. The van der Waals surface area contributed by atoms with Crippen LogP contribution in [0.25, 0.3) is 0 Å². The number of halogens is 1. The van der Waals surface area contributed by atoms with Gasteiger partial charge >= 0.3 is 0 Å². The van der Waals surface area contributed by atoms with E-state index in [1.165, 1.54) is 25.3 Å². The Balaban J connectivity index is 1.46. The first-order valence-electron chi connectivity index (χ1n) is 9.30. The van der Waals surface area contributed by atoms with Gasteiger partial charge in [-0.15, -0.1) is 0 Å². The van der Waals surface area contributed by atoms with Gasteiger partial charge in [0, 0.05) is 31.3 Å². The van der Waals surface area contributed by atoms with E-state index >= 15 is 0 Å². The largest absolute Gasteiger partial charge is 0.492 e. The molecule has 1 aromatic heterocycles. The van der Waals surface area contributed by atoms with E-state index in [2.05, 4.69) is 20.2 Å². The standard InChI is InChI=1S/C19H26FN5O/c1-12(2)26-16-8-15(14(21)7-13(16)20)24-17-9-18(23-11-22-17)25-6-5-19(10-25)3-4-19/h7,9,11-12,15H,3-6,8,10,21H2,1-2H3,(H,22,23,24). The summed E-state index contributed by atoms with van der Waals surface area (Å²) in [5.74, 6) is 1.56. The SMILES string of the molecule is CC(C)OC1=C(F)C=C(N)C(Nc2cc(N3CCC4(CC4)C3)ncn2)C1. The van der Waals surface area contributed by atoms with E-state index in [1.54, 1.807) is 6.33 Å². The van der Waals surface area contributed by atoms with E-state index in [0.717, 1.165) is 18.9 Å². The second kappa shape index (κ2) is 6.45. The molecule has 4 rings (SSSR count). The van der Waals surface area contributed by atoms with E-state index in [-0.39, 0.29) is 12.1 Å². The number of anilines is 2. The Labute approximate surface area is 153 Å². The van der Waals surface area contributed by atoms with Crippen molar-refractivity contribution in [3.05, 3.63) is 35.8 Å². The minimum absolute atomic E-state index is 0.0836. The first-order chi connectivity index (χ1) is 12.4. The zero-order valence-corrected chi connectivity index (χ0v) is 15.3. The van der Waals surface area contributed by atoms with Crippen LogP contribution in [0, 0.1) is 5.41 Å². The highest BCUT2D eigenvalue weighted by molar-refractivity contribution is 5.51. The summed E-state index contributed by atoms with van der Waals surface area (Å²) >= 11 is 0. The predicted molar refractivity (Wildman–Crippen MR) is 99.2 cm³/mol. The van der Waals surface area contributed by atoms with Gasteiger partial charge in [0.05, 0.1) is 12.1 Å². The lowest BCUT2D eigenvalue weighted by molar-refractivity contribution is 0.130. The van der Waals surface area contributed by atoms with Gasteiger partial charge in [-0.3, -0.25) is 0 Å². The van der Waals surface area contributed by atoms with Gasteiger partial charge in [-0.2, -0.15) is 0 Å². The molecule has 1 aromatic rings. The first kappa shape index (κ1) is 17.1. The fourth-order valence-corrected chi connectivity index (χ4v) is 3.74. The quantitative estimate of drug-likeness (QED) is 0.841. The summed E-state index contributed by atoms with van der Waals surface area (Å²) in [5.41, 5.74) is 7.01. The molecule has 1 aliphatic heterocycles. The van der Waals surface area contributed by atoms with Crippen LogP contribution in [0.1, 0.15) is 39.5 Å². The number of hydrogen-bond donors (Lipinski definition) is 2. The number of nitrogens with two attached hydrogens (primary N) is 1. The Morgan fingerprint density at radius 2 is 2.15 bits per heavy atom. The third-order valence-electron chi connectivity index (χ3n) is 5.42. The molecule has 7 heteroatoms. The van der Waals surface area contributed by atoms with Crippen LogP contribution in [0.15, 0.2) is 35.8 Å². The van der Waals surface area contributed by atoms with Crippen molar-refractivity contribution in [2.75, 3.05) is 23.3 Å². The number of allylic oxidation sites excluding steroid dienone is 2. The lowest BCUT2D eigenvalue weighted by atomic mass is 10.0. The number of rotatable bonds is 5. The van der Waals surface area contributed by atoms with E-state index in [0.29, 0.717) is 29.1 Å². The second-order valence-electron chi connectivity index (χ2n) is 7.92. The molecule has 1 saturated carbocycles. The molecular weight excluding hydrogens is 333 g/mol. The summed E-state index contributed by atoms with van der Waals surface area (Å²) in [7, 11) is 0. The van der Waals surface area contributed by atoms with Gasteiger partial charge in [0.25, 0.3) is 0 Å². The van der Waals surface area contributed by atoms with Crippen LogP contribution in [0.5, 0.6) is 0 Å². The molecule has 3 aliphatic rings. The lowest BCUT2D eigenvalue weighted by Crippen LogP contribution is -2.31. The van der Waals surface area contributed by atoms with Crippen molar-refractivity contribution in [2.24, 2.45) is 11.1 Å². The van der Waals surface area contributed by atoms with Crippen molar-refractivity contribution in [1.29, 1.82) is 0 Å². The predicted octanol–water partition coefficient (Wildman–Crippen LogP) is 3.10. The van der Waals surface area contributed by atoms with Gasteiger partial charge in [0.1, 0.15) is 23.7 Å². The zero-order valence-electron chi connectivity index (χ0n) is 15.3. The highest BCUT2D eigenvalue weighted by Crippen LogP contribution is 2.53. The number of nitrogens with zero attached hydrogens (tertiary/aromatic N) is 3. The highest BCUT2D eigenvalue weighted by atomic mass is 19.1. The summed E-state index contributed by atoms with van der Waals surface area (Å²) in [5, 5.41) is 3.30. The maximum absolute atomic E-state index is 14.1. The summed E-state index contributed by atoms with van der Waals surface area (Å²) in [6.07, 6.45) is 7.09. The molecule has 2 aliphatic carbocycles. The normalized spacial score (nSPS) is 24.2. The Kier molecular flexibility index (Phi) is 4.25. The number of nitrogens with one attached hydrogen (secondary N) is 1. The van der Waals surface area contributed by atoms with Crippen LogP contribution in [0.3, 0.4) is 0 Å². The Hall–Kier alpha value is -2.31. The van der Waals surface area contributed by atoms with E-state index in [9.17, 15) is 4.39 Å². The molecule has 1 spiro atoms. The summed E-state index contributed by atoms with van der Waals surface area (Å²) in [6, 6.07) is 1.70. The van der Waals surface area contributed by atoms with Gasteiger partial charge in [-0.05, 0) is 44.6 Å². The summed E-state index contributed by atoms with van der Waals surface area (Å²) in [6.45, 7) is 5.88. The van der Waals surface area contributed by atoms with Crippen LogP contribution in [-0.2, 0) is 4.74 Å². The second-order valence-corrected chi connectivity index (χ2v) is 7.92. The van der Waals surface area contributed by atoms with Crippen molar-refractivity contribution in [3.8, 4) is 0 Å². The van der Waals surface area contributed by atoms with Gasteiger partial charge in [0.2, 0.25) is 0 Å². The van der Waals surface area contributed by atoms with Gasteiger partial charge < -0.3 is 20.7 Å². The highest BCUT2D eigenvalue weighted by Gasteiger charge is 2.48. The molecule has 0 bridgehead atoms. The van der Waals surface area contributed by atoms with Crippen molar-refractivity contribution >= 4 is 11.6 Å². The van der Waals surface area contributed by atoms with Crippen LogP contribution in [-0.4, -0.2) is 35.2 Å². The first-order valence-corrected chi connectivity index (χ1v) is 9.30. The molecule has 6 nitrogen and oxygen atoms in total. The lowest BCUT2D eigenvalue weighted by Gasteiger charge is -2.26. The van der Waals surface area contributed by atoms with Gasteiger partial charge in [-0.1, -0.05) is 0 Å². The van der Waals surface area contributed by atoms with Crippen molar-refractivity contribution < 1.29 is 9.13 Å². The molecule has 2 fully saturated rings. The maximum atomic E-state index is 14.1. The smallest absolute Gasteiger partial charge is 0.162 e. The molecule has 140 valence electrons. The summed E-state index contributed by atoms with van der Waals surface area (Å²) < 4.78 is 19.6. The fourth-order valence-electron chi connectivity index (χ4n) is 3.74. The summed E-state index contributed by atoms with van der Waals surface area (Å²) in [4.78, 5) is 11.1. The number of ether oxygens (including phenoxy) is 1. The average Bonchev–Trinajstić information content (AvgIpc) is 3.21. The average molecular weight is 359 g/mol. The Morgan fingerprint density at radius 3 is 2.85 bits per heavy atom. The number of aromatic nitrogens is 2. The van der Waals surface area contributed by atoms with Gasteiger partial charge in [0.15, 0.2) is 5.83 Å². The minimum atomic E-state index is -0.399. The van der Waals surface area contributed by atoms with Gasteiger partial charge in [-0.25, -0.2) is 14.4 Å². The molecular formula is C19H26FN5O.